The summed E-state index contributed by atoms with van der Waals surface area (Å²) in [7, 11) is 1.69. The molecule has 1 saturated heterocycles. The van der Waals surface area contributed by atoms with Gasteiger partial charge in [-0.3, -0.25) is 4.79 Å². The predicted octanol–water partition coefficient (Wildman–Crippen LogP) is 2.41. The summed E-state index contributed by atoms with van der Waals surface area (Å²) in [4.78, 5) is 13.2. The third-order valence-corrected chi connectivity index (χ3v) is 5.14. The first-order valence-electron chi connectivity index (χ1n) is 8.99. The second kappa shape index (κ2) is 6.57. The number of nitrogens with two attached hydrogens (primary N) is 1. The minimum Gasteiger partial charge on any atom is -0.373 e. The highest BCUT2D eigenvalue weighted by Gasteiger charge is 2.52. The number of rotatable bonds is 3. The maximum atomic E-state index is 11.6. The molecule has 1 heterocycles. The van der Waals surface area contributed by atoms with Crippen molar-refractivity contribution in [2.24, 2.45) is 17.6 Å². The van der Waals surface area contributed by atoms with Crippen LogP contribution in [0.5, 0.6) is 0 Å². The van der Waals surface area contributed by atoms with Crippen molar-refractivity contribution in [2.75, 3.05) is 27.2 Å². The van der Waals surface area contributed by atoms with Crippen LogP contribution in [0.3, 0.4) is 0 Å². The molecule has 0 spiro atoms. The van der Waals surface area contributed by atoms with Crippen molar-refractivity contribution in [3.63, 3.8) is 0 Å². The van der Waals surface area contributed by atoms with Crippen LogP contribution in [0.15, 0.2) is 24.3 Å². The van der Waals surface area contributed by atoms with Crippen LogP contribution >= 0.6 is 12.4 Å². The zero-order chi connectivity index (χ0) is 17.5. The number of hydrogen-bond donors (Lipinski definition) is 1. The van der Waals surface area contributed by atoms with Gasteiger partial charge in [0.2, 0.25) is 5.91 Å². The largest absolute Gasteiger partial charge is 0.373 e. The minimum absolute atomic E-state index is 0. The highest BCUT2D eigenvalue weighted by Crippen LogP contribution is 2.51. The molecule has 5 heteroatoms. The Morgan fingerprint density at radius 2 is 2.09 bits per heavy atom. The zero-order valence-corrected chi connectivity index (χ0v) is 13.6. The fourth-order valence-corrected chi connectivity index (χ4v) is 4.27. The number of benzene rings is 1. The van der Waals surface area contributed by atoms with E-state index < -0.39 is 18.5 Å². The van der Waals surface area contributed by atoms with E-state index in [1.54, 1.807) is 18.1 Å². The van der Waals surface area contributed by atoms with Crippen LogP contribution < -0.4 is 5.73 Å². The predicted molar refractivity (Wildman–Crippen MR) is 89.2 cm³/mol. The van der Waals surface area contributed by atoms with E-state index in [1.807, 2.05) is 18.2 Å². The molecule has 1 saturated carbocycles. The molecular formula is C17H25ClN2O2. The molecule has 1 aromatic carbocycles. The molecule has 122 valence electrons. The van der Waals surface area contributed by atoms with Gasteiger partial charge in [0, 0.05) is 41.7 Å². The van der Waals surface area contributed by atoms with Crippen molar-refractivity contribution in [1.82, 2.24) is 4.90 Å². The number of hydrogen-bond acceptors (Lipinski definition) is 3. The number of carbonyl (C=O) groups is 1. The first kappa shape index (κ1) is 13.3. The summed E-state index contributed by atoms with van der Waals surface area (Å²) in [5.41, 5.74) is 6.27. The number of primary amides is 1. The lowest BCUT2D eigenvalue weighted by atomic mass is 9.62. The average Bonchev–Trinajstić information content (AvgIpc) is 2.52. The standard InChI is InChI=1S/C17H24N2O2.ClH/c1-19-10-14-7-4-8-15(11-19)17(14,21-2)13-6-3-5-12(9-13)16(18)20;/h3,5-6,9,14-15H,4,7-8,10-11H2,1-2H3,(H2,18,20);1H/t14-,15+,17-;/i1D3;. The molecule has 2 fully saturated rings. The third-order valence-electron chi connectivity index (χ3n) is 5.14. The fourth-order valence-electron chi connectivity index (χ4n) is 4.27. The van der Waals surface area contributed by atoms with Crippen molar-refractivity contribution in [2.45, 2.75) is 24.9 Å². The molecule has 0 radical (unpaired) electrons. The molecule has 22 heavy (non-hydrogen) atoms. The van der Waals surface area contributed by atoms with Gasteiger partial charge in [-0.1, -0.05) is 18.6 Å². The molecule has 4 nitrogen and oxygen atoms in total. The van der Waals surface area contributed by atoms with Gasteiger partial charge in [-0.25, -0.2) is 0 Å². The van der Waals surface area contributed by atoms with Crippen LogP contribution in [-0.4, -0.2) is 38.0 Å². The van der Waals surface area contributed by atoms with Gasteiger partial charge in [0.1, 0.15) is 5.60 Å². The molecule has 2 N–H and O–H groups in total. The molecule has 3 rings (SSSR count). The molecule has 0 aromatic heterocycles. The Labute approximate surface area is 142 Å². The Hall–Kier alpha value is -1.10. The van der Waals surface area contributed by atoms with Gasteiger partial charge in [0.25, 0.3) is 0 Å². The maximum Gasteiger partial charge on any atom is 0.248 e. The Balaban J connectivity index is 0.00000225. The molecule has 1 aliphatic heterocycles. The van der Waals surface area contributed by atoms with Crippen LogP contribution in [0, 0.1) is 11.8 Å². The van der Waals surface area contributed by atoms with Gasteiger partial charge in [0.05, 0.1) is 0 Å². The number of methoxy groups -OCH3 is 1. The second-order valence-corrected chi connectivity index (χ2v) is 6.17. The lowest BCUT2D eigenvalue weighted by Gasteiger charge is -2.54. The Morgan fingerprint density at radius 3 is 2.64 bits per heavy atom. The van der Waals surface area contributed by atoms with Crippen LogP contribution in [0.4, 0.5) is 0 Å². The summed E-state index contributed by atoms with van der Waals surface area (Å²) in [6, 6.07) is 7.29. The second-order valence-electron chi connectivity index (χ2n) is 6.17. The maximum absolute atomic E-state index is 11.6. The fraction of sp³-hybridized carbons (Fsp3) is 0.588. The number of piperidine rings is 1. The molecule has 1 aliphatic carbocycles. The number of carbonyl (C=O) groups excluding carboxylic acids is 1. The number of nitrogens with zero attached hydrogens (tertiary/aromatic N) is 1. The Bertz CT molecular complexity index is 625. The SMILES string of the molecule is Cl.[2H]C([2H])([2H])N1C[C@H]2CCC[C@@H](C1)[C@@]2(OC)c1cccc(C(N)=O)c1. The van der Waals surface area contributed by atoms with Gasteiger partial charge >= 0.3 is 0 Å². The lowest BCUT2D eigenvalue weighted by molar-refractivity contribution is -0.165. The van der Waals surface area contributed by atoms with Gasteiger partial charge in [-0.2, -0.15) is 0 Å². The van der Waals surface area contributed by atoms with E-state index >= 15 is 0 Å². The van der Waals surface area contributed by atoms with Gasteiger partial charge in [0.15, 0.2) is 0 Å². The molecule has 0 unspecified atom stereocenters. The smallest absolute Gasteiger partial charge is 0.248 e. The average molecular weight is 328 g/mol. The van der Waals surface area contributed by atoms with Crippen LogP contribution in [0.1, 0.15) is 39.3 Å². The molecule has 1 amide bonds. The normalized spacial score (nSPS) is 34.0. The topological polar surface area (TPSA) is 55.6 Å². The Kier molecular flexibility index (Phi) is 3.98. The van der Waals surface area contributed by atoms with E-state index in [0.717, 1.165) is 24.8 Å². The van der Waals surface area contributed by atoms with Gasteiger partial charge in [-0.05, 0) is 37.5 Å². The minimum atomic E-state index is -2.08. The van der Waals surface area contributed by atoms with E-state index in [0.29, 0.717) is 18.7 Å². The summed E-state index contributed by atoms with van der Waals surface area (Å²) in [6.07, 6.45) is 2.90. The van der Waals surface area contributed by atoms with Crippen molar-refractivity contribution < 1.29 is 13.6 Å². The van der Waals surface area contributed by atoms with E-state index in [-0.39, 0.29) is 24.2 Å². The quantitative estimate of drug-likeness (QED) is 0.927. The van der Waals surface area contributed by atoms with E-state index in [9.17, 15) is 4.79 Å². The van der Waals surface area contributed by atoms with Crippen molar-refractivity contribution in [3.05, 3.63) is 35.4 Å². The summed E-state index contributed by atoms with van der Waals surface area (Å²) in [6.45, 7) is -1.13. The molecule has 2 bridgehead atoms. The summed E-state index contributed by atoms with van der Waals surface area (Å²) < 4.78 is 29.3. The molecular weight excluding hydrogens is 300 g/mol. The molecule has 2 aliphatic rings. The zero-order valence-electron chi connectivity index (χ0n) is 15.7. The van der Waals surface area contributed by atoms with E-state index in [2.05, 4.69) is 0 Å². The Morgan fingerprint density at radius 1 is 1.41 bits per heavy atom. The van der Waals surface area contributed by atoms with E-state index in [1.165, 1.54) is 0 Å². The monoisotopic (exact) mass is 327 g/mol. The van der Waals surface area contributed by atoms with Gasteiger partial charge < -0.3 is 15.4 Å². The van der Waals surface area contributed by atoms with Crippen LogP contribution in [0.2, 0.25) is 0 Å². The third kappa shape index (κ3) is 2.64. The highest BCUT2D eigenvalue weighted by molar-refractivity contribution is 5.92. The number of fused-ring (bicyclic) bond motifs is 2. The number of ether oxygens (including phenoxy) is 1. The van der Waals surface area contributed by atoms with Crippen LogP contribution in [-0.2, 0) is 10.3 Å². The van der Waals surface area contributed by atoms with Crippen LogP contribution in [0.25, 0.3) is 0 Å². The lowest BCUT2D eigenvalue weighted by Crippen LogP contribution is -2.58. The van der Waals surface area contributed by atoms with E-state index in [4.69, 9.17) is 14.6 Å². The van der Waals surface area contributed by atoms with Gasteiger partial charge in [-0.15, -0.1) is 12.4 Å². The molecule has 3 atom stereocenters. The highest BCUT2D eigenvalue weighted by atomic mass is 35.5. The first-order valence-corrected chi connectivity index (χ1v) is 7.49. The first-order chi connectivity index (χ1) is 11.3. The summed E-state index contributed by atoms with van der Waals surface area (Å²) in [5, 5.41) is 0. The molecule has 1 aromatic rings. The van der Waals surface area contributed by atoms with Crippen molar-refractivity contribution >= 4 is 18.3 Å². The van der Waals surface area contributed by atoms with Crippen molar-refractivity contribution in [3.8, 4) is 0 Å². The van der Waals surface area contributed by atoms with Crippen molar-refractivity contribution in [1.29, 1.82) is 0 Å². The number of likely N-dealkylation sites (tertiary alicyclic amines) is 1. The number of halogens is 1. The summed E-state index contributed by atoms with van der Waals surface area (Å²) >= 11 is 0. The number of amides is 1. The summed E-state index contributed by atoms with van der Waals surface area (Å²) in [5.74, 6) is -0.301.